The van der Waals surface area contributed by atoms with Crippen molar-refractivity contribution >= 4 is 35.3 Å². The average molecular weight is 382 g/mol. The van der Waals surface area contributed by atoms with Gasteiger partial charge in [-0.1, -0.05) is 18.2 Å². The molecule has 5 nitrogen and oxygen atoms in total. The number of hydrogen-bond donors (Lipinski definition) is 1. The Bertz CT molecular complexity index is 1070. The first kappa shape index (κ1) is 18.8. The molecule has 0 spiro atoms. The number of amides is 1. The lowest BCUT2D eigenvalue weighted by Gasteiger charge is -2.11. The van der Waals surface area contributed by atoms with Crippen molar-refractivity contribution in [2.45, 2.75) is 19.9 Å². The fourth-order valence-electron chi connectivity index (χ4n) is 3.33. The van der Waals surface area contributed by atoms with Gasteiger partial charge in [-0.05, 0) is 31.6 Å². The molecule has 0 atom stereocenters. The van der Waals surface area contributed by atoms with Gasteiger partial charge in [0.25, 0.3) is 0 Å². The molecule has 3 rings (SSSR count). The molecule has 0 fully saturated rings. The quantitative estimate of drug-likeness (QED) is 0.810. The zero-order valence-electron chi connectivity index (χ0n) is 15.3. The molecule has 138 valence electrons. The highest BCUT2D eigenvalue weighted by Gasteiger charge is 2.17. The minimum absolute atomic E-state index is 0.108. The van der Waals surface area contributed by atoms with Crippen LogP contribution in [0.15, 0.2) is 36.1 Å². The molecule has 1 heterocycles. The molecule has 0 radical (unpaired) electrons. The third-order valence-electron chi connectivity index (χ3n) is 4.47. The van der Waals surface area contributed by atoms with Crippen LogP contribution in [0.5, 0.6) is 0 Å². The van der Waals surface area contributed by atoms with E-state index in [1.54, 1.807) is 13.2 Å². The van der Waals surface area contributed by atoms with Crippen molar-refractivity contribution in [1.29, 1.82) is 5.26 Å². The SMILES string of the molecule is CCn1c(-c2cccc(NC(=O)CCl)c2)c(C#N)c2c1=CC(OC)=CCC=2. The summed E-state index contributed by atoms with van der Waals surface area (Å²) in [5.41, 5.74) is 2.96. The fraction of sp³-hybridized carbons (Fsp3) is 0.238. The lowest BCUT2D eigenvalue weighted by molar-refractivity contribution is -0.113. The summed E-state index contributed by atoms with van der Waals surface area (Å²) < 4.78 is 7.52. The van der Waals surface area contributed by atoms with Crippen LogP contribution in [0.25, 0.3) is 23.4 Å². The van der Waals surface area contributed by atoms with Gasteiger partial charge in [0.05, 0.1) is 23.7 Å². The molecule has 1 amide bonds. The van der Waals surface area contributed by atoms with Crippen molar-refractivity contribution in [2.75, 3.05) is 18.3 Å². The standard InChI is InChI=1S/C21H20ClN3O2/c1-3-25-19-11-16(27-2)8-5-9-17(19)18(13-23)21(25)14-6-4-7-15(10-14)24-20(26)12-22/h4,6-11H,3,5,12H2,1-2H3,(H,24,26). The Labute approximate surface area is 162 Å². The molecule has 1 N–H and O–H groups in total. The number of nitriles is 1. The number of halogens is 1. The second-order valence-corrected chi connectivity index (χ2v) is 6.30. The van der Waals surface area contributed by atoms with E-state index in [4.69, 9.17) is 16.3 Å². The van der Waals surface area contributed by atoms with Crippen LogP contribution in [0.3, 0.4) is 0 Å². The van der Waals surface area contributed by atoms with Gasteiger partial charge in [0.1, 0.15) is 17.7 Å². The van der Waals surface area contributed by atoms with Gasteiger partial charge in [-0.15, -0.1) is 11.6 Å². The minimum atomic E-state index is -0.271. The van der Waals surface area contributed by atoms with E-state index in [0.29, 0.717) is 24.2 Å². The number of hydrogen-bond acceptors (Lipinski definition) is 3. The number of allylic oxidation sites excluding steroid dienone is 2. The Morgan fingerprint density at radius 2 is 2.22 bits per heavy atom. The van der Waals surface area contributed by atoms with Gasteiger partial charge in [0, 0.05) is 29.1 Å². The molecular formula is C21H20ClN3O2. The van der Waals surface area contributed by atoms with E-state index >= 15 is 0 Å². The zero-order chi connectivity index (χ0) is 19.4. The third-order valence-corrected chi connectivity index (χ3v) is 4.71. The van der Waals surface area contributed by atoms with Gasteiger partial charge in [-0.25, -0.2) is 0 Å². The lowest BCUT2D eigenvalue weighted by Crippen LogP contribution is -2.29. The van der Waals surface area contributed by atoms with Gasteiger partial charge in [0.15, 0.2) is 0 Å². The van der Waals surface area contributed by atoms with Gasteiger partial charge in [0.2, 0.25) is 5.91 Å². The number of fused-ring (bicyclic) bond motifs is 1. The first-order valence-electron chi connectivity index (χ1n) is 8.67. The second-order valence-electron chi connectivity index (χ2n) is 6.04. The maximum Gasteiger partial charge on any atom is 0.239 e. The van der Waals surface area contributed by atoms with Crippen molar-refractivity contribution in [2.24, 2.45) is 0 Å². The Balaban J connectivity index is 2.26. The molecule has 6 heteroatoms. The summed E-state index contributed by atoms with van der Waals surface area (Å²) in [5.74, 6) is 0.396. The largest absolute Gasteiger partial charge is 0.497 e. The van der Waals surface area contributed by atoms with Crippen LogP contribution >= 0.6 is 11.6 Å². The topological polar surface area (TPSA) is 67.0 Å². The van der Waals surface area contributed by atoms with E-state index in [2.05, 4.69) is 16.0 Å². The van der Waals surface area contributed by atoms with Crippen molar-refractivity contribution in [3.63, 3.8) is 0 Å². The maximum absolute atomic E-state index is 11.6. The molecule has 0 bridgehead atoms. The van der Waals surface area contributed by atoms with Gasteiger partial charge in [-0.3, -0.25) is 4.79 Å². The molecule has 1 aromatic carbocycles. The molecule has 0 saturated heterocycles. The van der Waals surface area contributed by atoms with Crippen molar-refractivity contribution in [1.82, 2.24) is 4.57 Å². The van der Waals surface area contributed by atoms with Crippen LogP contribution in [-0.2, 0) is 16.1 Å². The van der Waals surface area contributed by atoms with Crippen LogP contribution in [0.2, 0.25) is 0 Å². The minimum Gasteiger partial charge on any atom is -0.497 e. The Hall–Kier alpha value is -2.97. The summed E-state index contributed by atoms with van der Waals surface area (Å²) in [6.07, 6.45) is 6.69. The van der Waals surface area contributed by atoms with Gasteiger partial charge in [-0.2, -0.15) is 5.26 Å². The number of rotatable bonds is 5. The third kappa shape index (κ3) is 3.62. The monoisotopic (exact) mass is 381 g/mol. The van der Waals surface area contributed by atoms with E-state index in [9.17, 15) is 10.1 Å². The molecule has 27 heavy (non-hydrogen) atoms. The summed E-state index contributed by atoms with van der Waals surface area (Å²) in [5, 5.41) is 14.5. The molecule has 0 unspecified atom stereocenters. The molecule has 2 aromatic rings. The predicted molar refractivity (Wildman–Crippen MR) is 107 cm³/mol. The number of benzene rings is 1. The highest BCUT2D eigenvalue weighted by molar-refractivity contribution is 6.29. The first-order chi connectivity index (χ1) is 13.1. The van der Waals surface area contributed by atoms with Crippen LogP contribution < -0.4 is 15.9 Å². The Kier molecular flexibility index (Phi) is 5.68. The van der Waals surface area contributed by atoms with Crippen LogP contribution in [-0.4, -0.2) is 23.5 Å². The molecule has 1 aliphatic rings. The van der Waals surface area contributed by atoms with E-state index in [0.717, 1.165) is 27.6 Å². The number of nitrogens with zero attached hydrogens (tertiary/aromatic N) is 2. The maximum atomic E-state index is 11.6. The predicted octanol–water partition coefficient (Wildman–Crippen LogP) is 2.72. The number of aromatic nitrogens is 1. The normalized spacial score (nSPS) is 12.6. The van der Waals surface area contributed by atoms with E-state index in [-0.39, 0.29) is 11.8 Å². The smallest absolute Gasteiger partial charge is 0.239 e. The highest BCUT2D eigenvalue weighted by atomic mass is 35.5. The Morgan fingerprint density at radius 3 is 2.89 bits per heavy atom. The zero-order valence-corrected chi connectivity index (χ0v) is 16.0. The fourth-order valence-corrected chi connectivity index (χ4v) is 3.39. The molecule has 0 aliphatic heterocycles. The summed E-state index contributed by atoms with van der Waals surface area (Å²) in [6, 6.07) is 9.81. The molecule has 1 aliphatic carbocycles. The number of anilines is 1. The number of carbonyl (C=O) groups excluding carboxylic acids is 1. The number of methoxy groups -OCH3 is 1. The summed E-state index contributed by atoms with van der Waals surface area (Å²) in [7, 11) is 1.64. The van der Waals surface area contributed by atoms with Gasteiger partial charge < -0.3 is 14.6 Å². The van der Waals surface area contributed by atoms with E-state index in [1.807, 2.05) is 43.4 Å². The summed E-state index contributed by atoms with van der Waals surface area (Å²) in [4.78, 5) is 11.6. The van der Waals surface area contributed by atoms with Crippen molar-refractivity contribution in [3.8, 4) is 17.3 Å². The number of carbonyl (C=O) groups is 1. The van der Waals surface area contributed by atoms with Crippen LogP contribution in [0.1, 0.15) is 18.9 Å². The van der Waals surface area contributed by atoms with Crippen molar-refractivity contribution in [3.05, 3.63) is 52.2 Å². The molecule has 0 saturated carbocycles. The highest BCUT2D eigenvalue weighted by Crippen LogP contribution is 2.25. The van der Waals surface area contributed by atoms with E-state index in [1.165, 1.54) is 0 Å². The second kappa shape index (κ2) is 8.15. The molecular weight excluding hydrogens is 362 g/mol. The Morgan fingerprint density at radius 1 is 1.41 bits per heavy atom. The number of ether oxygens (including phenoxy) is 1. The van der Waals surface area contributed by atoms with Gasteiger partial charge >= 0.3 is 0 Å². The molecule has 1 aromatic heterocycles. The van der Waals surface area contributed by atoms with Crippen LogP contribution in [0, 0.1) is 11.3 Å². The number of alkyl halides is 1. The average Bonchev–Trinajstić information content (AvgIpc) is 2.83. The lowest BCUT2D eigenvalue weighted by atomic mass is 10.1. The van der Waals surface area contributed by atoms with Crippen molar-refractivity contribution < 1.29 is 9.53 Å². The summed E-state index contributed by atoms with van der Waals surface area (Å²) in [6.45, 7) is 2.73. The van der Waals surface area contributed by atoms with E-state index < -0.39 is 0 Å². The first-order valence-corrected chi connectivity index (χ1v) is 9.21. The van der Waals surface area contributed by atoms with Crippen LogP contribution in [0.4, 0.5) is 5.69 Å². The number of nitrogens with one attached hydrogen (secondary N) is 1. The summed E-state index contributed by atoms with van der Waals surface area (Å²) >= 11 is 5.58.